The maximum Gasteiger partial charge on any atom is 0.290 e. The van der Waals surface area contributed by atoms with Crippen LogP contribution in [0.1, 0.15) is 17.7 Å². The SMILES string of the molecule is Nc1nc(/C(=N/O)C(=O)N[C@@H]2C(=O)N3C(C(=O)[O-])=C(C=C4CCN(Cc5cc[n+](CC(=O)Nc6ccc(F)c(F)c6)cc5)C4=O)CS[C@H]23)cs1. The fraction of sp³-hybridized carbons (Fsp3) is 0.226. The van der Waals surface area contributed by atoms with Crippen molar-refractivity contribution >= 4 is 69.2 Å². The summed E-state index contributed by atoms with van der Waals surface area (Å²) < 4.78 is 28.1. The van der Waals surface area contributed by atoms with E-state index in [1.807, 2.05) is 0 Å². The number of thiazole rings is 1. The van der Waals surface area contributed by atoms with Crippen LogP contribution in [0.2, 0.25) is 0 Å². The first kappa shape index (κ1) is 34.2. The largest absolute Gasteiger partial charge is 0.543 e. The Balaban J connectivity index is 1.07. The number of allylic oxidation sites excluding steroid dienone is 1. The van der Waals surface area contributed by atoms with Crippen LogP contribution in [-0.2, 0) is 37.1 Å². The molecular formula is C31H26F2N8O7S2. The number of benzene rings is 1. The number of rotatable bonds is 10. The number of thioether (sulfide) groups is 1. The number of nitrogens with zero attached hydrogens (tertiary/aromatic N) is 5. The number of amides is 4. The summed E-state index contributed by atoms with van der Waals surface area (Å²) >= 11 is 2.20. The highest BCUT2D eigenvalue weighted by atomic mass is 32.2. The van der Waals surface area contributed by atoms with Crippen LogP contribution in [0.25, 0.3) is 0 Å². The van der Waals surface area contributed by atoms with Crippen molar-refractivity contribution in [2.75, 3.05) is 23.3 Å². The molecule has 5 heterocycles. The smallest absolute Gasteiger partial charge is 0.290 e. The van der Waals surface area contributed by atoms with Crippen LogP contribution in [0.4, 0.5) is 19.6 Å². The molecule has 0 radical (unpaired) electrons. The highest BCUT2D eigenvalue weighted by Gasteiger charge is 2.53. The highest BCUT2D eigenvalue weighted by Crippen LogP contribution is 2.41. The molecule has 0 unspecified atom stereocenters. The number of aromatic nitrogens is 2. The third-order valence-corrected chi connectivity index (χ3v) is 9.96. The zero-order valence-corrected chi connectivity index (χ0v) is 27.3. The minimum atomic E-state index is -1.62. The van der Waals surface area contributed by atoms with E-state index < -0.39 is 58.1 Å². The van der Waals surface area contributed by atoms with Crippen molar-refractivity contribution in [1.82, 2.24) is 20.1 Å². The Morgan fingerprint density at radius 3 is 2.60 bits per heavy atom. The molecule has 3 aliphatic rings. The number of hydrogen-bond acceptors (Lipinski definition) is 12. The summed E-state index contributed by atoms with van der Waals surface area (Å²) in [5.41, 5.74) is 6.17. The Hall–Kier alpha value is -5.69. The number of oxime groups is 1. The van der Waals surface area contributed by atoms with Crippen molar-refractivity contribution in [3.8, 4) is 0 Å². The summed E-state index contributed by atoms with van der Waals surface area (Å²) in [4.78, 5) is 70.2. The van der Waals surface area contributed by atoms with E-state index in [1.165, 1.54) is 29.3 Å². The molecular weight excluding hydrogens is 699 g/mol. The van der Waals surface area contributed by atoms with E-state index in [4.69, 9.17) is 5.73 Å². The van der Waals surface area contributed by atoms with E-state index in [9.17, 15) is 43.1 Å². The number of nitrogen functional groups attached to an aromatic ring is 1. The number of fused-ring (bicyclic) bond motifs is 1. The number of carbonyl (C=O) groups is 5. The lowest BCUT2D eigenvalue weighted by atomic mass is 10.0. The molecule has 3 aliphatic heterocycles. The Morgan fingerprint density at radius 2 is 1.94 bits per heavy atom. The summed E-state index contributed by atoms with van der Waals surface area (Å²) in [5, 5.41) is 30.3. The fourth-order valence-corrected chi connectivity index (χ4v) is 7.44. The number of β-lactam (4-membered cyclic amide) rings is 1. The van der Waals surface area contributed by atoms with E-state index in [2.05, 4.69) is 20.8 Å². The Morgan fingerprint density at radius 1 is 1.18 bits per heavy atom. The number of nitrogens with two attached hydrogens (primary N) is 1. The van der Waals surface area contributed by atoms with Gasteiger partial charge in [0.2, 0.25) is 12.5 Å². The van der Waals surface area contributed by atoms with Crippen molar-refractivity contribution in [2.24, 2.45) is 5.16 Å². The lowest BCUT2D eigenvalue weighted by Crippen LogP contribution is -2.71. The number of nitrogens with one attached hydrogen (secondary N) is 2. The average molecular weight is 725 g/mol. The van der Waals surface area contributed by atoms with Crippen LogP contribution in [0.15, 0.2) is 76.2 Å². The molecule has 2 atom stereocenters. The van der Waals surface area contributed by atoms with Gasteiger partial charge in [-0.2, -0.15) is 4.57 Å². The van der Waals surface area contributed by atoms with Gasteiger partial charge in [-0.1, -0.05) is 5.16 Å². The van der Waals surface area contributed by atoms with Gasteiger partial charge in [0.25, 0.3) is 17.7 Å². The molecule has 1 aromatic carbocycles. The van der Waals surface area contributed by atoms with Gasteiger partial charge in [0.05, 0.1) is 11.7 Å². The molecule has 6 rings (SSSR count). The second kappa shape index (κ2) is 14.0. The monoisotopic (exact) mass is 724 g/mol. The molecule has 2 fully saturated rings. The summed E-state index contributed by atoms with van der Waals surface area (Å²) in [5.74, 6) is -6.02. The quantitative estimate of drug-likeness (QED) is 0.0543. The van der Waals surface area contributed by atoms with E-state index in [0.717, 1.165) is 33.9 Å². The number of carboxylic acids is 1. The predicted molar refractivity (Wildman–Crippen MR) is 172 cm³/mol. The molecule has 3 aromatic rings. The minimum absolute atomic E-state index is 0.00606. The van der Waals surface area contributed by atoms with Crippen molar-refractivity contribution in [1.29, 1.82) is 0 Å². The molecule has 19 heteroatoms. The van der Waals surface area contributed by atoms with Crippen molar-refractivity contribution in [2.45, 2.75) is 30.9 Å². The average Bonchev–Trinajstić information content (AvgIpc) is 3.66. The van der Waals surface area contributed by atoms with Gasteiger partial charge in [-0.25, -0.2) is 13.8 Å². The number of carbonyl (C=O) groups excluding carboxylic acids is 5. The molecule has 0 aliphatic carbocycles. The Bertz CT molecular complexity index is 2020. The topological polar surface area (TPSA) is 214 Å². The standard InChI is InChI=1S/C31H26F2N8O7S2/c32-19-2-1-18(10-20(19)33)35-22(42)12-39-6-3-15(4-7-39)11-40-8-5-16(27(40)44)9-17-13-49-29-24(28(45)41(29)25(17)30(46)47)37-26(43)23(38-48)21-14-50-31(34)36-21/h1-4,6-7,9-10,14,24,29H,5,8,11-13H2,(H5-,34,35,36,37,42,43,46,47,48)/t24-,29-/m1/s1. The second-order valence-electron chi connectivity index (χ2n) is 11.2. The summed E-state index contributed by atoms with van der Waals surface area (Å²) in [6, 6.07) is 5.37. The number of carboxylic acid groups (broad SMARTS) is 1. The van der Waals surface area contributed by atoms with Gasteiger partial charge in [0, 0.05) is 53.7 Å². The number of halogens is 2. The fourth-order valence-electron chi connectivity index (χ4n) is 5.58. The maximum atomic E-state index is 13.4. The molecule has 15 nitrogen and oxygen atoms in total. The van der Waals surface area contributed by atoms with E-state index in [1.54, 1.807) is 34.0 Å². The molecule has 0 saturated carbocycles. The summed E-state index contributed by atoms with van der Waals surface area (Å²) in [6.07, 6.45) is 5.06. The Labute approximate surface area is 289 Å². The zero-order chi connectivity index (χ0) is 35.7. The number of aliphatic carboxylic acids is 1. The summed E-state index contributed by atoms with van der Waals surface area (Å²) in [6.45, 7) is 0.492. The third kappa shape index (κ3) is 6.90. The first-order valence-electron chi connectivity index (χ1n) is 14.8. The van der Waals surface area contributed by atoms with Gasteiger partial charge in [0.1, 0.15) is 17.1 Å². The van der Waals surface area contributed by atoms with Gasteiger partial charge >= 0.3 is 0 Å². The molecule has 50 heavy (non-hydrogen) atoms. The van der Waals surface area contributed by atoms with Gasteiger partial charge in [0.15, 0.2) is 34.9 Å². The maximum absolute atomic E-state index is 13.4. The van der Waals surface area contributed by atoms with Crippen LogP contribution < -0.4 is 26.0 Å². The molecule has 5 N–H and O–H groups in total. The molecule has 0 spiro atoms. The number of likely N-dealkylation sites (tertiary alicyclic amines) is 1. The molecule has 2 aromatic heterocycles. The molecule has 0 bridgehead atoms. The number of pyridine rings is 1. The zero-order valence-electron chi connectivity index (χ0n) is 25.7. The predicted octanol–water partition coefficient (Wildman–Crippen LogP) is -0.129. The van der Waals surface area contributed by atoms with Crippen LogP contribution in [0, 0.1) is 11.6 Å². The van der Waals surface area contributed by atoms with Crippen molar-refractivity contribution in [3.63, 3.8) is 0 Å². The summed E-state index contributed by atoms with van der Waals surface area (Å²) in [7, 11) is 0. The first-order chi connectivity index (χ1) is 23.9. The second-order valence-corrected chi connectivity index (χ2v) is 13.2. The molecule has 4 amide bonds. The van der Waals surface area contributed by atoms with E-state index in [0.29, 0.717) is 18.5 Å². The van der Waals surface area contributed by atoms with Crippen molar-refractivity contribution in [3.05, 3.63) is 93.9 Å². The van der Waals surface area contributed by atoms with Gasteiger partial charge in [-0.05, 0) is 35.8 Å². The van der Waals surface area contributed by atoms with E-state index >= 15 is 0 Å². The van der Waals surface area contributed by atoms with Crippen LogP contribution >= 0.6 is 23.1 Å². The Kier molecular flexibility index (Phi) is 9.60. The van der Waals surface area contributed by atoms with E-state index in [-0.39, 0.29) is 46.8 Å². The van der Waals surface area contributed by atoms with Gasteiger partial charge in [-0.15, -0.1) is 23.1 Å². The first-order valence-corrected chi connectivity index (χ1v) is 16.7. The van der Waals surface area contributed by atoms with Gasteiger partial charge < -0.3 is 36.4 Å². The molecule has 2 saturated heterocycles. The lowest BCUT2D eigenvalue weighted by molar-refractivity contribution is -0.684. The lowest BCUT2D eigenvalue weighted by Gasteiger charge is -2.50. The van der Waals surface area contributed by atoms with Crippen molar-refractivity contribution < 1.29 is 47.6 Å². The highest BCUT2D eigenvalue weighted by molar-refractivity contribution is 8.00. The van der Waals surface area contributed by atoms with Crippen LogP contribution in [0.3, 0.4) is 0 Å². The minimum Gasteiger partial charge on any atom is -0.543 e. The molecule has 258 valence electrons. The third-order valence-electron chi connectivity index (χ3n) is 7.98. The van der Waals surface area contributed by atoms with Crippen LogP contribution in [0.5, 0.6) is 0 Å². The normalized spacial score (nSPS) is 19.8. The number of anilines is 2. The number of hydrogen-bond donors (Lipinski definition) is 4. The van der Waals surface area contributed by atoms with Gasteiger partial charge in [-0.3, -0.25) is 24.1 Å². The van der Waals surface area contributed by atoms with Crippen LogP contribution in [-0.4, -0.2) is 79.0 Å².